The molecular formula is C15H20FNO2. The average molecular weight is 265 g/mol. The Labute approximate surface area is 113 Å². The highest BCUT2D eigenvalue weighted by Crippen LogP contribution is 2.22. The number of rotatable bonds is 5. The van der Waals surface area contributed by atoms with E-state index < -0.39 is 0 Å². The van der Waals surface area contributed by atoms with E-state index in [2.05, 4.69) is 0 Å². The summed E-state index contributed by atoms with van der Waals surface area (Å²) in [4.78, 5) is 14.2. The van der Waals surface area contributed by atoms with Crippen molar-refractivity contribution in [2.45, 2.75) is 38.1 Å². The summed E-state index contributed by atoms with van der Waals surface area (Å²) in [5.41, 5.74) is 0.846. The largest absolute Gasteiger partial charge is 0.396 e. The number of benzene rings is 1. The van der Waals surface area contributed by atoms with E-state index in [-0.39, 0.29) is 24.4 Å². The van der Waals surface area contributed by atoms with Gasteiger partial charge in [-0.2, -0.15) is 0 Å². The van der Waals surface area contributed by atoms with Crippen LogP contribution in [0.2, 0.25) is 0 Å². The molecule has 0 bridgehead atoms. The molecule has 0 spiro atoms. The minimum absolute atomic E-state index is 0.104. The van der Waals surface area contributed by atoms with Crippen LogP contribution in [0.1, 0.15) is 31.2 Å². The molecule has 0 radical (unpaired) electrons. The number of hydrogen-bond acceptors (Lipinski definition) is 2. The van der Waals surface area contributed by atoms with Gasteiger partial charge in [0.05, 0.1) is 6.42 Å². The van der Waals surface area contributed by atoms with Gasteiger partial charge in [-0.15, -0.1) is 0 Å². The van der Waals surface area contributed by atoms with E-state index in [1.165, 1.54) is 12.1 Å². The maximum Gasteiger partial charge on any atom is 0.227 e. The van der Waals surface area contributed by atoms with Crippen LogP contribution in [0.4, 0.5) is 4.39 Å². The standard InChI is InChI=1S/C15H20FNO2/c16-13-7-5-12(6-8-13)11-15(19)17-9-1-3-14(17)4-2-10-18/h5-8,14,18H,1-4,9-11H2. The first-order valence-electron chi connectivity index (χ1n) is 6.85. The highest BCUT2D eigenvalue weighted by atomic mass is 19.1. The van der Waals surface area contributed by atoms with Crippen LogP contribution in [-0.2, 0) is 11.2 Å². The number of aliphatic hydroxyl groups excluding tert-OH is 1. The van der Waals surface area contributed by atoms with Crippen molar-refractivity contribution in [3.05, 3.63) is 35.6 Å². The Hall–Kier alpha value is -1.42. The summed E-state index contributed by atoms with van der Waals surface area (Å²) in [5, 5.41) is 8.87. The zero-order chi connectivity index (χ0) is 13.7. The normalized spacial score (nSPS) is 18.8. The highest BCUT2D eigenvalue weighted by Gasteiger charge is 2.27. The predicted octanol–water partition coefficient (Wildman–Crippen LogP) is 2.13. The minimum atomic E-state index is -0.279. The van der Waals surface area contributed by atoms with Crippen molar-refractivity contribution in [2.75, 3.05) is 13.2 Å². The third-order valence-electron chi connectivity index (χ3n) is 3.66. The molecule has 1 aromatic carbocycles. The summed E-state index contributed by atoms with van der Waals surface area (Å²) in [6.45, 7) is 0.979. The average Bonchev–Trinajstić information content (AvgIpc) is 2.87. The molecule has 1 aromatic rings. The zero-order valence-electron chi connectivity index (χ0n) is 11.0. The van der Waals surface area contributed by atoms with E-state index in [9.17, 15) is 9.18 Å². The second-order valence-electron chi connectivity index (χ2n) is 5.05. The highest BCUT2D eigenvalue weighted by molar-refractivity contribution is 5.79. The molecule has 1 fully saturated rings. The van der Waals surface area contributed by atoms with Gasteiger partial charge in [-0.1, -0.05) is 12.1 Å². The number of nitrogens with zero attached hydrogens (tertiary/aromatic N) is 1. The second kappa shape index (κ2) is 6.66. The molecule has 0 aliphatic carbocycles. The summed E-state index contributed by atoms with van der Waals surface area (Å²) in [6.07, 6.45) is 3.99. The van der Waals surface area contributed by atoms with E-state index in [0.29, 0.717) is 6.42 Å². The third kappa shape index (κ3) is 3.77. The van der Waals surface area contributed by atoms with Gasteiger partial charge in [0.15, 0.2) is 0 Å². The smallest absolute Gasteiger partial charge is 0.227 e. The Morgan fingerprint density at radius 1 is 1.37 bits per heavy atom. The second-order valence-corrected chi connectivity index (χ2v) is 5.05. The van der Waals surface area contributed by atoms with E-state index in [1.807, 2.05) is 4.90 Å². The van der Waals surface area contributed by atoms with Crippen molar-refractivity contribution in [3.8, 4) is 0 Å². The van der Waals surface area contributed by atoms with Crippen LogP contribution in [0.3, 0.4) is 0 Å². The van der Waals surface area contributed by atoms with Gasteiger partial charge >= 0.3 is 0 Å². The lowest BCUT2D eigenvalue weighted by Gasteiger charge is -2.24. The molecule has 19 heavy (non-hydrogen) atoms. The van der Waals surface area contributed by atoms with Gasteiger partial charge in [0.1, 0.15) is 5.82 Å². The van der Waals surface area contributed by atoms with Gasteiger partial charge in [-0.3, -0.25) is 4.79 Å². The number of hydrogen-bond donors (Lipinski definition) is 1. The maximum absolute atomic E-state index is 12.8. The summed E-state index contributed by atoms with van der Waals surface area (Å²) in [5.74, 6) is -0.176. The molecule has 2 rings (SSSR count). The predicted molar refractivity (Wildman–Crippen MR) is 71.2 cm³/mol. The molecular weight excluding hydrogens is 245 g/mol. The fourth-order valence-electron chi connectivity index (χ4n) is 2.67. The molecule has 1 aliphatic heterocycles. The van der Waals surface area contributed by atoms with Gasteiger partial charge in [0.25, 0.3) is 0 Å². The molecule has 0 saturated carbocycles. The number of carbonyl (C=O) groups is 1. The van der Waals surface area contributed by atoms with Crippen molar-refractivity contribution in [1.29, 1.82) is 0 Å². The van der Waals surface area contributed by atoms with Gasteiger partial charge in [-0.25, -0.2) is 4.39 Å². The molecule has 1 saturated heterocycles. The Morgan fingerprint density at radius 2 is 2.11 bits per heavy atom. The molecule has 1 atom stereocenters. The van der Waals surface area contributed by atoms with E-state index in [0.717, 1.165) is 37.8 Å². The third-order valence-corrected chi connectivity index (χ3v) is 3.66. The van der Waals surface area contributed by atoms with Crippen molar-refractivity contribution < 1.29 is 14.3 Å². The van der Waals surface area contributed by atoms with Crippen LogP contribution < -0.4 is 0 Å². The topological polar surface area (TPSA) is 40.5 Å². The fraction of sp³-hybridized carbons (Fsp3) is 0.533. The van der Waals surface area contributed by atoms with Gasteiger partial charge in [0, 0.05) is 19.2 Å². The lowest BCUT2D eigenvalue weighted by atomic mass is 10.1. The first kappa shape index (κ1) is 14.0. The molecule has 1 unspecified atom stereocenters. The molecule has 1 aliphatic rings. The molecule has 3 nitrogen and oxygen atoms in total. The zero-order valence-corrected chi connectivity index (χ0v) is 11.0. The van der Waals surface area contributed by atoms with E-state index in [1.54, 1.807) is 12.1 Å². The van der Waals surface area contributed by atoms with Crippen molar-refractivity contribution >= 4 is 5.91 Å². The lowest BCUT2D eigenvalue weighted by molar-refractivity contribution is -0.131. The Bertz CT molecular complexity index is 419. The summed E-state index contributed by atoms with van der Waals surface area (Å²) < 4.78 is 12.8. The Balaban J connectivity index is 1.93. The number of likely N-dealkylation sites (tertiary alicyclic amines) is 1. The van der Waals surface area contributed by atoms with Crippen LogP contribution in [0.25, 0.3) is 0 Å². The quantitative estimate of drug-likeness (QED) is 0.886. The van der Waals surface area contributed by atoms with Crippen molar-refractivity contribution in [3.63, 3.8) is 0 Å². The van der Waals surface area contributed by atoms with Crippen molar-refractivity contribution in [1.82, 2.24) is 4.90 Å². The number of carbonyl (C=O) groups excluding carboxylic acids is 1. The lowest BCUT2D eigenvalue weighted by Crippen LogP contribution is -2.36. The first-order valence-corrected chi connectivity index (χ1v) is 6.85. The summed E-state index contributed by atoms with van der Waals surface area (Å²) in [7, 11) is 0. The molecule has 104 valence electrons. The molecule has 1 amide bonds. The van der Waals surface area contributed by atoms with Crippen LogP contribution in [-0.4, -0.2) is 35.1 Å². The summed E-state index contributed by atoms with van der Waals surface area (Å²) >= 11 is 0. The van der Waals surface area contributed by atoms with Gasteiger partial charge in [0.2, 0.25) is 5.91 Å². The van der Waals surface area contributed by atoms with Crippen molar-refractivity contribution in [2.24, 2.45) is 0 Å². The SMILES string of the molecule is O=C(Cc1ccc(F)cc1)N1CCCC1CCCO. The van der Waals surface area contributed by atoms with Gasteiger partial charge in [-0.05, 0) is 43.4 Å². The van der Waals surface area contributed by atoms with Crippen LogP contribution >= 0.6 is 0 Å². The summed E-state index contributed by atoms with van der Waals surface area (Å²) in [6, 6.07) is 6.35. The molecule has 0 aromatic heterocycles. The van der Waals surface area contributed by atoms with Crippen LogP contribution in [0, 0.1) is 5.82 Å². The number of aliphatic hydroxyl groups is 1. The first-order chi connectivity index (χ1) is 9.20. The minimum Gasteiger partial charge on any atom is -0.396 e. The molecule has 4 heteroatoms. The fourth-order valence-corrected chi connectivity index (χ4v) is 2.67. The van der Waals surface area contributed by atoms with E-state index in [4.69, 9.17) is 5.11 Å². The number of halogens is 1. The number of amides is 1. The van der Waals surface area contributed by atoms with E-state index >= 15 is 0 Å². The van der Waals surface area contributed by atoms with Gasteiger partial charge < -0.3 is 10.0 Å². The maximum atomic E-state index is 12.8. The monoisotopic (exact) mass is 265 g/mol. The molecule has 1 heterocycles. The Morgan fingerprint density at radius 3 is 2.79 bits per heavy atom. The van der Waals surface area contributed by atoms with Crippen LogP contribution in [0.5, 0.6) is 0 Å². The van der Waals surface area contributed by atoms with Crippen LogP contribution in [0.15, 0.2) is 24.3 Å². The molecule has 1 N–H and O–H groups in total. The Kier molecular flexibility index (Phi) is 4.91.